The fourth-order valence-electron chi connectivity index (χ4n) is 0.442. The van der Waals surface area contributed by atoms with Gasteiger partial charge in [-0.3, -0.25) is 0 Å². The van der Waals surface area contributed by atoms with Gasteiger partial charge in [-0.05, 0) is 29.5 Å². The summed E-state index contributed by atoms with van der Waals surface area (Å²) in [5.74, 6) is -0.307. The monoisotopic (exact) mass is 225 g/mol. The molecule has 1 rings (SSSR count). The van der Waals surface area contributed by atoms with Crippen LogP contribution in [0.2, 0.25) is 0 Å². The van der Waals surface area contributed by atoms with Gasteiger partial charge in [-0.15, -0.1) is 0 Å². The van der Waals surface area contributed by atoms with Gasteiger partial charge in [0, 0.05) is 0 Å². The summed E-state index contributed by atoms with van der Waals surface area (Å²) in [4.78, 5) is 14.2. The molecule has 1 aliphatic heterocycles. The molecule has 3 nitrogen and oxygen atoms in total. The zero-order chi connectivity index (χ0) is 6.15. The smallest absolute Gasteiger partial charge is 0.364 e. The Morgan fingerprint density at radius 3 is 2.62 bits per heavy atom. The standard InChI is InChI=1S/C4H4INO2/c1-2-6-3(5)4(7)8-2/h2H,1H3. The van der Waals surface area contributed by atoms with Crippen LogP contribution in [-0.4, -0.2) is 15.9 Å². The third-order valence-electron chi connectivity index (χ3n) is 0.741. The summed E-state index contributed by atoms with van der Waals surface area (Å²) in [5.41, 5.74) is 0. The molecule has 0 N–H and O–H groups in total. The number of esters is 1. The van der Waals surface area contributed by atoms with Gasteiger partial charge in [-0.2, -0.15) is 0 Å². The van der Waals surface area contributed by atoms with Gasteiger partial charge in [-0.25, -0.2) is 9.79 Å². The number of hydrogen-bond donors (Lipinski definition) is 0. The van der Waals surface area contributed by atoms with Crippen LogP contribution in [0.15, 0.2) is 4.99 Å². The first-order valence-corrected chi connectivity index (χ1v) is 3.22. The summed E-state index contributed by atoms with van der Waals surface area (Å²) in [5, 5.41) is 0. The lowest BCUT2D eigenvalue weighted by molar-refractivity contribution is -0.136. The number of nitrogens with zero attached hydrogens (tertiary/aromatic N) is 1. The van der Waals surface area contributed by atoms with Crippen LogP contribution >= 0.6 is 22.6 Å². The van der Waals surface area contributed by atoms with Gasteiger partial charge in [0.1, 0.15) is 0 Å². The van der Waals surface area contributed by atoms with E-state index in [4.69, 9.17) is 0 Å². The summed E-state index contributed by atoms with van der Waals surface area (Å²) >= 11 is 1.85. The first-order chi connectivity index (χ1) is 3.70. The molecule has 0 saturated heterocycles. The van der Waals surface area contributed by atoms with Crippen LogP contribution in [0.5, 0.6) is 0 Å². The quantitative estimate of drug-likeness (QED) is 0.450. The van der Waals surface area contributed by atoms with Gasteiger partial charge in [0.15, 0.2) is 9.95 Å². The predicted molar refractivity (Wildman–Crippen MR) is 37.0 cm³/mol. The van der Waals surface area contributed by atoms with Gasteiger partial charge in [0.05, 0.1) is 0 Å². The van der Waals surface area contributed by atoms with Gasteiger partial charge in [0.2, 0.25) is 0 Å². The highest BCUT2D eigenvalue weighted by molar-refractivity contribution is 14.1. The number of ether oxygens (including phenoxy) is 1. The number of halogens is 1. The van der Waals surface area contributed by atoms with Crippen molar-refractivity contribution in [1.29, 1.82) is 0 Å². The molecule has 1 atom stereocenters. The van der Waals surface area contributed by atoms with E-state index in [1.165, 1.54) is 0 Å². The second kappa shape index (κ2) is 2.00. The van der Waals surface area contributed by atoms with Gasteiger partial charge < -0.3 is 4.74 Å². The Labute approximate surface area is 60.3 Å². The van der Waals surface area contributed by atoms with E-state index in [9.17, 15) is 4.79 Å². The SMILES string of the molecule is CC1N=C(I)C(=O)O1. The molecule has 1 heterocycles. The van der Waals surface area contributed by atoms with Crippen molar-refractivity contribution >= 4 is 32.3 Å². The Kier molecular flexibility index (Phi) is 1.50. The van der Waals surface area contributed by atoms with Crippen molar-refractivity contribution in [3.05, 3.63) is 0 Å². The Hall–Kier alpha value is -0.130. The molecule has 1 aliphatic rings. The Balaban J connectivity index is 2.73. The van der Waals surface area contributed by atoms with Crippen molar-refractivity contribution in [3.8, 4) is 0 Å². The number of hydrogen-bond acceptors (Lipinski definition) is 3. The third-order valence-corrected chi connectivity index (χ3v) is 1.46. The van der Waals surface area contributed by atoms with E-state index in [1.807, 2.05) is 22.6 Å². The van der Waals surface area contributed by atoms with Crippen molar-refractivity contribution in [1.82, 2.24) is 0 Å². The first kappa shape index (κ1) is 6.00. The highest BCUT2D eigenvalue weighted by atomic mass is 127. The van der Waals surface area contributed by atoms with Crippen LogP contribution in [0.4, 0.5) is 0 Å². The van der Waals surface area contributed by atoms with Crippen LogP contribution < -0.4 is 0 Å². The largest absolute Gasteiger partial charge is 0.435 e. The maximum atomic E-state index is 10.4. The normalized spacial score (nSPS) is 27.5. The van der Waals surface area contributed by atoms with Gasteiger partial charge >= 0.3 is 5.97 Å². The number of rotatable bonds is 0. The minimum atomic E-state index is -0.307. The molecule has 0 spiro atoms. The topological polar surface area (TPSA) is 38.7 Å². The molecule has 0 amide bonds. The fourth-order valence-corrected chi connectivity index (χ4v) is 0.962. The van der Waals surface area contributed by atoms with Crippen molar-refractivity contribution < 1.29 is 9.53 Å². The zero-order valence-corrected chi connectivity index (χ0v) is 6.38. The average molecular weight is 225 g/mol. The van der Waals surface area contributed by atoms with E-state index in [1.54, 1.807) is 6.92 Å². The van der Waals surface area contributed by atoms with Crippen molar-refractivity contribution in [2.45, 2.75) is 13.2 Å². The van der Waals surface area contributed by atoms with E-state index < -0.39 is 0 Å². The number of aliphatic imine (C=N–C) groups is 1. The number of carbonyl (C=O) groups is 1. The summed E-state index contributed by atoms with van der Waals surface area (Å²) in [6.07, 6.45) is -0.269. The van der Waals surface area contributed by atoms with Crippen LogP contribution in [0.1, 0.15) is 6.92 Å². The highest BCUT2D eigenvalue weighted by Gasteiger charge is 2.20. The Morgan fingerprint density at radius 1 is 1.88 bits per heavy atom. The lowest BCUT2D eigenvalue weighted by atomic mass is 10.7. The summed E-state index contributed by atoms with van der Waals surface area (Å²) in [6.45, 7) is 1.73. The van der Waals surface area contributed by atoms with Crippen LogP contribution in [0, 0.1) is 0 Å². The molecule has 44 valence electrons. The molecule has 0 bridgehead atoms. The summed E-state index contributed by atoms with van der Waals surface area (Å²) in [6, 6.07) is 0. The number of cyclic esters (lactones) is 1. The minimum absolute atomic E-state index is 0.269. The minimum Gasteiger partial charge on any atom is -0.435 e. The van der Waals surface area contributed by atoms with Crippen molar-refractivity contribution in [2.75, 3.05) is 0 Å². The van der Waals surface area contributed by atoms with E-state index in [2.05, 4.69) is 9.73 Å². The zero-order valence-electron chi connectivity index (χ0n) is 4.22. The van der Waals surface area contributed by atoms with Crippen molar-refractivity contribution in [2.24, 2.45) is 4.99 Å². The van der Waals surface area contributed by atoms with Gasteiger partial charge in [0.25, 0.3) is 0 Å². The second-order valence-electron chi connectivity index (χ2n) is 1.42. The molecule has 0 fully saturated rings. The molecular formula is C4H4INO2. The van der Waals surface area contributed by atoms with E-state index in [0.29, 0.717) is 3.72 Å². The van der Waals surface area contributed by atoms with E-state index in [0.717, 1.165) is 0 Å². The Bertz CT molecular complexity index is 154. The molecule has 0 aromatic rings. The lowest BCUT2D eigenvalue weighted by Gasteiger charge is -1.93. The maximum Gasteiger partial charge on any atom is 0.364 e. The van der Waals surface area contributed by atoms with Crippen LogP contribution in [0.3, 0.4) is 0 Å². The van der Waals surface area contributed by atoms with Gasteiger partial charge in [-0.1, -0.05) is 0 Å². The molecule has 0 saturated carbocycles. The van der Waals surface area contributed by atoms with Crippen molar-refractivity contribution in [3.63, 3.8) is 0 Å². The highest BCUT2D eigenvalue weighted by Crippen LogP contribution is 2.08. The predicted octanol–water partition coefficient (Wildman–Crippen LogP) is 0.723. The molecule has 8 heavy (non-hydrogen) atoms. The van der Waals surface area contributed by atoms with E-state index >= 15 is 0 Å². The fraction of sp³-hybridized carbons (Fsp3) is 0.500. The lowest BCUT2D eigenvalue weighted by Crippen LogP contribution is -2.05. The van der Waals surface area contributed by atoms with Crippen LogP contribution in [-0.2, 0) is 9.53 Å². The molecule has 1 unspecified atom stereocenters. The molecule has 0 aromatic heterocycles. The molecule has 4 heteroatoms. The third kappa shape index (κ3) is 0.988. The maximum absolute atomic E-state index is 10.4. The molecular weight excluding hydrogens is 221 g/mol. The second-order valence-corrected chi connectivity index (χ2v) is 2.45. The molecule has 0 aromatic carbocycles. The number of carbonyl (C=O) groups excluding carboxylic acids is 1. The first-order valence-electron chi connectivity index (χ1n) is 2.14. The average Bonchev–Trinajstić information content (AvgIpc) is 1.85. The molecule has 0 radical (unpaired) electrons. The molecule has 0 aliphatic carbocycles. The van der Waals surface area contributed by atoms with E-state index in [-0.39, 0.29) is 12.2 Å². The summed E-state index contributed by atoms with van der Waals surface area (Å²) in [7, 11) is 0. The summed E-state index contributed by atoms with van der Waals surface area (Å²) < 4.78 is 5.06. The van der Waals surface area contributed by atoms with Crippen LogP contribution in [0.25, 0.3) is 0 Å². The Morgan fingerprint density at radius 2 is 2.50 bits per heavy atom.